The van der Waals surface area contributed by atoms with E-state index in [1.807, 2.05) is 4.90 Å². The first-order valence-corrected chi connectivity index (χ1v) is 8.34. The van der Waals surface area contributed by atoms with E-state index in [-0.39, 0.29) is 29.6 Å². The average Bonchev–Trinajstić information content (AvgIpc) is 2.91. The second kappa shape index (κ2) is 7.27. The molecule has 0 radical (unpaired) electrons. The van der Waals surface area contributed by atoms with Gasteiger partial charge in [-0.1, -0.05) is 12.1 Å². The van der Waals surface area contributed by atoms with E-state index in [4.69, 9.17) is 0 Å². The largest absolute Gasteiger partial charge is 0.341 e. The minimum atomic E-state index is -0.288. The van der Waals surface area contributed by atoms with Crippen molar-refractivity contribution in [1.82, 2.24) is 20.7 Å². The van der Waals surface area contributed by atoms with Crippen LogP contribution in [0.2, 0.25) is 0 Å². The first-order valence-electron chi connectivity index (χ1n) is 8.34. The Labute approximate surface area is 141 Å². The van der Waals surface area contributed by atoms with E-state index in [0.717, 1.165) is 12.0 Å². The summed E-state index contributed by atoms with van der Waals surface area (Å²) in [5.74, 6) is -0.395. The third-order valence-electron chi connectivity index (χ3n) is 4.78. The summed E-state index contributed by atoms with van der Waals surface area (Å²) in [5, 5.41) is 0. The lowest BCUT2D eigenvalue weighted by atomic mass is 9.93. The Kier molecular flexibility index (Phi) is 5.11. The summed E-state index contributed by atoms with van der Waals surface area (Å²) in [4.78, 5) is 28.1. The second-order valence-electron chi connectivity index (χ2n) is 6.35. The van der Waals surface area contributed by atoms with Crippen LogP contribution in [0.15, 0.2) is 24.3 Å². The Hall–Kier alpha value is -1.99. The molecule has 0 saturated carbocycles. The molecule has 130 valence electrons. The molecule has 2 amide bonds. The highest BCUT2D eigenvalue weighted by Gasteiger charge is 2.37. The maximum atomic E-state index is 13.1. The van der Waals surface area contributed by atoms with Gasteiger partial charge in [0.1, 0.15) is 5.82 Å². The van der Waals surface area contributed by atoms with Crippen LogP contribution in [-0.2, 0) is 9.59 Å². The van der Waals surface area contributed by atoms with Crippen LogP contribution in [0.4, 0.5) is 4.39 Å². The molecular formula is C17H23FN4O2. The molecule has 0 aliphatic carbocycles. The topological polar surface area (TPSA) is 64.7 Å². The van der Waals surface area contributed by atoms with Crippen LogP contribution in [0, 0.1) is 11.7 Å². The van der Waals surface area contributed by atoms with Gasteiger partial charge >= 0.3 is 0 Å². The number of rotatable bonds is 2. The molecule has 1 aromatic rings. The summed E-state index contributed by atoms with van der Waals surface area (Å²) >= 11 is 0. The highest BCUT2D eigenvalue weighted by molar-refractivity contribution is 5.80. The van der Waals surface area contributed by atoms with Crippen LogP contribution in [0.3, 0.4) is 0 Å². The molecule has 2 aliphatic rings. The van der Waals surface area contributed by atoms with E-state index >= 15 is 0 Å². The minimum Gasteiger partial charge on any atom is -0.341 e. The third kappa shape index (κ3) is 3.57. The number of carbonyl (C=O) groups excluding carboxylic acids is 2. The predicted octanol–water partition coefficient (Wildman–Crippen LogP) is 0.672. The van der Waals surface area contributed by atoms with Crippen LogP contribution >= 0.6 is 0 Å². The quantitative estimate of drug-likeness (QED) is 0.834. The smallest absolute Gasteiger partial charge is 0.229 e. The Morgan fingerprint density at radius 2 is 1.75 bits per heavy atom. The molecular weight excluding hydrogens is 311 g/mol. The summed E-state index contributed by atoms with van der Waals surface area (Å²) in [7, 11) is 0. The molecule has 2 fully saturated rings. The Balaban J connectivity index is 1.69. The van der Waals surface area contributed by atoms with Gasteiger partial charge in [0.25, 0.3) is 0 Å². The predicted molar refractivity (Wildman–Crippen MR) is 87.2 cm³/mol. The van der Waals surface area contributed by atoms with Crippen molar-refractivity contribution in [2.75, 3.05) is 32.7 Å². The van der Waals surface area contributed by atoms with Gasteiger partial charge < -0.3 is 9.80 Å². The minimum absolute atomic E-state index is 0.0534. The highest BCUT2D eigenvalue weighted by Crippen LogP contribution is 2.27. The fourth-order valence-electron chi connectivity index (χ4n) is 3.40. The molecule has 2 saturated heterocycles. The van der Waals surface area contributed by atoms with Crippen LogP contribution < -0.4 is 10.9 Å². The molecule has 6 nitrogen and oxygen atoms in total. The monoisotopic (exact) mass is 334 g/mol. The molecule has 0 bridgehead atoms. The van der Waals surface area contributed by atoms with Gasteiger partial charge in [-0.2, -0.15) is 0 Å². The van der Waals surface area contributed by atoms with Gasteiger partial charge in [0.05, 0.1) is 12.0 Å². The van der Waals surface area contributed by atoms with Gasteiger partial charge in [-0.05, 0) is 24.1 Å². The molecule has 0 spiro atoms. The molecule has 24 heavy (non-hydrogen) atoms. The zero-order valence-electron chi connectivity index (χ0n) is 13.8. The molecule has 2 atom stereocenters. The van der Waals surface area contributed by atoms with Gasteiger partial charge in [-0.15, -0.1) is 0 Å². The summed E-state index contributed by atoms with van der Waals surface area (Å²) < 4.78 is 13.1. The van der Waals surface area contributed by atoms with E-state index in [2.05, 4.69) is 10.9 Å². The van der Waals surface area contributed by atoms with Crippen LogP contribution in [-0.4, -0.2) is 54.3 Å². The molecule has 2 unspecified atom stereocenters. The fraction of sp³-hybridized carbons (Fsp3) is 0.529. The van der Waals surface area contributed by atoms with Crippen molar-refractivity contribution in [1.29, 1.82) is 0 Å². The number of nitrogens with zero attached hydrogens (tertiary/aromatic N) is 2. The number of amides is 2. The maximum absolute atomic E-state index is 13.1. The van der Waals surface area contributed by atoms with Gasteiger partial charge in [0.15, 0.2) is 0 Å². The van der Waals surface area contributed by atoms with Crippen molar-refractivity contribution in [3.05, 3.63) is 35.6 Å². The Morgan fingerprint density at radius 3 is 2.46 bits per heavy atom. The lowest BCUT2D eigenvalue weighted by Crippen LogP contribution is -2.41. The zero-order valence-corrected chi connectivity index (χ0v) is 13.8. The first kappa shape index (κ1) is 16.9. The summed E-state index contributed by atoms with van der Waals surface area (Å²) in [6.07, 6.45) is 0.792. The van der Waals surface area contributed by atoms with E-state index in [1.54, 1.807) is 24.0 Å². The number of hydrogen-bond donors (Lipinski definition) is 2. The molecule has 2 N–H and O–H groups in total. The van der Waals surface area contributed by atoms with E-state index in [0.29, 0.717) is 32.7 Å². The van der Waals surface area contributed by atoms with Crippen molar-refractivity contribution in [2.45, 2.75) is 19.4 Å². The fourth-order valence-corrected chi connectivity index (χ4v) is 3.40. The first-order chi connectivity index (χ1) is 11.6. The van der Waals surface area contributed by atoms with Gasteiger partial charge in [-0.25, -0.2) is 9.82 Å². The number of hydrazine groups is 1. The van der Waals surface area contributed by atoms with E-state index < -0.39 is 0 Å². The summed E-state index contributed by atoms with van der Waals surface area (Å²) in [5.41, 5.74) is 7.05. The molecule has 2 aliphatic heterocycles. The van der Waals surface area contributed by atoms with Gasteiger partial charge in [0.2, 0.25) is 11.8 Å². The SMILES string of the molecule is CC(=O)N1CCCN(C(=O)C2CNNC2c2ccc(F)cc2)CC1. The van der Waals surface area contributed by atoms with E-state index in [1.165, 1.54) is 12.1 Å². The summed E-state index contributed by atoms with van der Waals surface area (Å²) in [6, 6.07) is 6.06. The average molecular weight is 334 g/mol. The van der Waals surface area contributed by atoms with Gasteiger partial charge in [0, 0.05) is 39.6 Å². The molecule has 1 aromatic carbocycles. The van der Waals surface area contributed by atoms with Crippen LogP contribution in [0.25, 0.3) is 0 Å². The van der Waals surface area contributed by atoms with Crippen molar-refractivity contribution < 1.29 is 14.0 Å². The van der Waals surface area contributed by atoms with Gasteiger partial charge in [-0.3, -0.25) is 15.0 Å². The second-order valence-corrected chi connectivity index (χ2v) is 6.35. The lowest BCUT2D eigenvalue weighted by Gasteiger charge is -2.26. The lowest BCUT2D eigenvalue weighted by molar-refractivity contribution is -0.136. The Morgan fingerprint density at radius 1 is 1.08 bits per heavy atom. The number of halogens is 1. The number of benzene rings is 1. The number of hydrogen-bond acceptors (Lipinski definition) is 4. The number of carbonyl (C=O) groups is 2. The zero-order chi connectivity index (χ0) is 17.1. The van der Waals surface area contributed by atoms with Crippen LogP contribution in [0.5, 0.6) is 0 Å². The van der Waals surface area contributed by atoms with Crippen molar-refractivity contribution in [3.8, 4) is 0 Å². The molecule has 0 aromatic heterocycles. The summed E-state index contributed by atoms with van der Waals surface area (Å²) in [6.45, 7) is 4.60. The normalized spacial score (nSPS) is 24.8. The highest BCUT2D eigenvalue weighted by atomic mass is 19.1. The standard InChI is InChI=1S/C17H23FN4O2/c1-12(23)21-7-2-8-22(10-9-21)17(24)15-11-19-20-16(15)13-3-5-14(18)6-4-13/h3-6,15-16,19-20H,2,7-11H2,1H3. The molecule has 7 heteroatoms. The van der Waals surface area contributed by atoms with Crippen molar-refractivity contribution in [2.24, 2.45) is 5.92 Å². The van der Waals surface area contributed by atoms with Crippen molar-refractivity contribution in [3.63, 3.8) is 0 Å². The molecule has 2 heterocycles. The maximum Gasteiger partial charge on any atom is 0.229 e. The van der Waals surface area contributed by atoms with E-state index in [9.17, 15) is 14.0 Å². The molecule has 3 rings (SSSR count). The Bertz CT molecular complexity index is 607. The third-order valence-corrected chi connectivity index (χ3v) is 4.78. The van der Waals surface area contributed by atoms with Crippen LogP contribution in [0.1, 0.15) is 24.9 Å². The van der Waals surface area contributed by atoms with Crippen molar-refractivity contribution >= 4 is 11.8 Å². The number of nitrogens with one attached hydrogen (secondary N) is 2.